The molecule has 9 heteroatoms. The van der Waals surface area contributed by atoms with E-state index in [1.165, 1.54) is 11.1 Å². The van der Waals surface area contributed by atoms with E-state index in [4.69, 9.17) is 19.7 Å². The minimum absolute atomic E-state index is 0. The molecule has 4 rings (SSSR count). The lowest BCUT2D eigenvalue weighted by Gasteiger charge is -2.18. The molecule has 1 aromatic heterocycles. The highest BCUT2D eigenvalue weighted by atomic mass is 35.5. The van der Waals surface area contributed by atoms with Gasteiger partial charge in [0.1, 0.15) is 24.7 Å². The summed E-state index contributed by atoms with van der Waals surface area (Å²) in [5.74, 6) is 0.766. The van der Waals surface area contributed by atoms with Gasteiger partial charge in [-0.05, 0) is 84.0 Å². The van der Waals surface area contributed by atoms with Crippen molar-refractivity contribution in [3.05, 3.63) is 103 Å². The van der Waals surface area contributed by atoms with Gasteiger partial charge in [0.25, 0.3) is 0 Å². The van der Waals surface area contributed by atoms with E-state index in [1.54, 1.807) is 0 Å². The number of hydrogen-bond donors (Lipinski definition) is 2. The van der Waals surface area contributed by atoms with Gasteiger partial charge in [-0.25, -0.2) is 14.6 Å². The van der Waals surface area contributed by atoms with Gasteiger partial charge in [-0.1, -0.05) is 30.3 Å². The molecular formula is C27H30ClN3O5. The zero-order valence-corrected chi connectivity index (χ0v) is 21.3. The molecule has 1 heterocycles. The van der Waals surface area contributed by atoms with Crippen LogP contribution >= 0.6 is 12.4 Å². The molecule has 0 saturated carbocycles. The van der Waals surface area contributed by atoms with E-state index in [2.05, 4.69) is 50.0 Å². The van der Waals surface area contributed by atoms with Crippen molar-refractivity contribution in [1.82, 2.24) is 9.72 Å². The van der Waals surface area contributed by atoms with E-state index in [0.29, 0.717) is 25.5 Å². The third-order valence-corrected chi connectivity index (χ3v) is 5.88. The van der Waals surface area contributed by atoms with Crippen LogP contribution in [0, 0.1) is 20.8 Å². The largest absolute Gasteiger partial charge is 0.492 e. The zero-order chi connectivity index (χ0) is 24.9. The third-order valence-electron chi connectivity index (χ3n) is 5.88. The molecule has 0 amide bonds. The van der Waals surface area contributed by atoms with Crippen LogP contribution in [0.5, 0.6) is 11.5 Å². The molecule has 3 aromatic carbocycles. The zero-order valence-electron chi connectivity index (χ0n) is 20.5. The number of nitrogens with one attached hydrogen (secondary N) is 1. The van der Waals surface area contributed by atoms with Gasteiger partial charge in [0.2, 0.25) is 0 Å². The van der Waals surface area contributed by atoms with Crippen molar-refractivity contribution >= 4 is 12.4 Å². The number of nitrogens with two attached hydrogens (primary N) is 1. The van der Waals surface area contributed by atoms with Gasteiger partial charge >= 0.3 is 11.4 Å². The molecule has 190 valence electrons. The van der Waals surface area contributed by atoms with Crippen molar-refractivity contribution in [2.75, 3.05) is 13.2 Å². The molecule has 0 aliphatic heterocycles. The molecule has 0 spiro atoms. The minimum Gasteiger partial charge on any atom is -0.492 e. The van der Waals surface area contributed by atoms with Crippen molar-refractivity contribution in [3.63, 3.8) is 0 Å². The van der Waals surface area contributed by atoms with Crippen LogP contribution in [-0.4, -0.2) is 22.9 Å². The molecule has 0 radical (unpaired) electrons. The van der Waals surface area contributed by atoms with E-state index < -0.39 is 11.4 Å². The summed E-state index contributed by atoms with van der Waals surface area (Å²) < 4.78 is 17.5. The number of ether oxygens (including phenoxy) is 2. The highest BCUT2D eigenvalue weighted by Gasteiger charge is 2.13. The quantitative estimate of drug-likeness (QED) is 0.350. The first kappa shape index (κ1) is 26.8. The highest BCUT2D eigenvalue weighted by Crippen LogP contribution is 2.34. The topological polar surface area (TPSA) is 112 Å². The normalized spacial score (nSPS) is 10.7. The van der Waals surface area contributed by atoms with Crippen molar-refractivity contribution < 1.29 is 14.0 Å². The van der Waals surface area contributed by atoms with Gasteiger partial charge < -0.3 is 19.7 Å². The lowest BCUT2D eigenvalue weighted by Crippen LogP contribution is -2.17. The third kappa shape index (κ3) is 6.08. The van der Waals surface area contributed by atoms with Crippen LogP contribution in [0.2, 0.25) is 0 Å². The van der Waals surface area contributed by atoms with Crippen molar-refractivity contribution in [2.45, 2.75) is 33.9 Å². The molecule has 0 unspecified atom stereocenters. The van der Waals surface area contributed by atoms with Gasteiger partial charge in [-0.3, -0.25) is 0 Å². The maximum Gasteiger partial charge on any atom is 0.440 e. The van der Waals surface area contributed by atoms with Crippen LogP contribution in [0.3, 0.4) is 0 Å². The van der Waals surface area contributed by atoms with Gasteiger partial charge in [-0.2, -0.15) is 0 Å². The van der Waals surface area contributed by atoms with Crippen LogP contribution < -0.4 is 26.7 Å². The SMILES string of the molecule is Cc1cc(OCCN)cc(C)c1-c1cccc(COc2ccc(Cn3oc(=O)[nH]c3=O)cc2)c1C.Cl. The summed E-state index contributed by atoms with van der Waals surface area (Å²) in [7, 11) is 0. The molecule has 0 aliphatic rings. The summed E-state index contributed by atoms with van der Waals surface area (Å²) in [5.41, 5.74) is 12.7. The molecule has 8 nitrogen and oxygen atoms in total. The number of hydrogen-bond acceptors (Lipinski definition) is 6. The molecular weight excluding hydrogens is 482 g/mol. The van der Waals surface area contributed by atoms with Crippen molar-refractivity contribution in [1.29, 1.82) is 0 Å². The lowest BCUT2D eigenvalue weighted by molar-refractivity contribution is 0.258. The second kappa shape index (κ2) is 11.8. The summed E-state index contributed by atoms with van der Waals surface area (Å²) in [4.78, 5) is 24.8. The van der Waals surface area contributed by atoms with Crippen molar-refractivity contribution in [3.8, 4) is 22.6 Å². The Morgan fingerprint density at radius 1 is 0.944 bits per heavy atom. The first-order valence-electron chi connectivity index (χ1n) is 11.4. The number of aromatic amines is 1. The van der Waals surface area contributed by atoms with Crippen LogP contribution in [0.1, 0.15) is 27.8 Å². The average molecular weight is 512 g/mol. The predicted molar refractivity (Wildman–Crippen MR) is 141 cm³/mol. The van der Waals surface area contributed by atoms with Gasteiger partial charge in [0.15, 0.2) is 0 Å². The lowest BCUT2D eigenvalue weighted by atomic mass is 9.90. The van der Waals surface area contributed by atoms with Crippen LogP contribution in [0.25, 0.3) is 11.1 Å². The maximum atomic E-state index is 11.6. The second-order valence-corrected chi connectivity index (χ2v) is 8.44. The van der Waals surface area contributed by atoms with Crippen molar-refractivity contribution in [2.24, 2.45) is 5.73 Å². The Labute approximate surface area is 215 Å². The molecule has 36 heavy (non-hydrogen) atoms. The highest BCUT2D eigenvalue weighted by molar-refractivity contribution is 5.85. The van der Waals surface area contributed by atoms with Gasteiger partial charge in [-0.15, -0.1) is 17.1 Å². The Morgan fingerprint density at radius 3 is 2.25 bits per heavy atom. The van der Waals surface area contributed by atoms with E-state index in [-0.39, 0.29) is 19.0 Å². The van der Waals surface area contributed by atoms with E-state index >= 15 is 0 Å². The van der Waals surface area contributed by atoms with E-state index in [0.717, 1.165) is 38.3 Å². The van der Waals surface area contributed by atoms with Gasteiger partial charge in [0.05, 0.1) is 6.54 Å². The van der Waals surface area contributed by atoms with Gasteiger partial charge in [0, 0.05) is 6.54 Å². The Hall–Kier alpha value is -3.75. The standard InChI is InChI=1S/C27H29N3O5.ClH/c1-17-13-23(33-12-11-28)14-18(2)25(17)24-6-4-5-21(19(24)3)16-34-22-9-7-20(8-10-22)15-30-26(31)29-27(32)35-30;/h4-10,13-14H,11-12,15-16,28H2,1-3H3,(H,29,31,32);1H. The van der Waals surface area contributed by atoms with E-state index in [1.807, 2.05) is 30.3 Å². The molecule has 0 bridgehead atoms. The number of rotatable bonds is 9. The Kier molecular flexibility index (Phi) is 8.79. The molecule has 0 aliphatic carbocycles. The van der Waals surface area contributed by atoms with Crippen LogP contribution in [0.15, 0.2) is 68.7 Å². The fourth-order valence-electron chi connectivity index (χ4n) is 4.16. The first-order valence-corrected chi connectivity index (χ1v) is 11.4. The minimum atomic E-state index is -0.770. The Balaban J connectivity index is 0.00000361. The summed E-state index contributed by atoms with van der Waals surface area (Å²) in [6, 6.07) is 17.7. The number of aromatic nitrogens is 2. The Morgan fingerprint density at radius 2 is 1.64 bits per heavy atom. The molecule has 0 atom stereocenters. The first-order chi connectivity index (χ1) is 16.9. The molecule has 4 aromatic rings. The molecule has 0 fully saturated rings. The number of halogens is 1. The number of H-pyrrole nitrogens is 1. The fourth-order valence-corrected chi connectivity index (χ4v) is 4.16. The summed E-state index contributed by atoms with van der Waals surface area (Å²) in [6.45, 7) is 7.84. The molecule has 0 saturated heterocycles. The predicted octanol–water partition coefficient (Wildman–Crippen LogP) is 4.11. The average Bonchev–Trinajstić information content (AvgIpc) is 3.14. The van der Waals surface area contributed by atoms with E-state index in [9.17, 15) is 9.59 Å². The maximum absolute atomic E-state index is 11.6. The number of nitrogens with zero attached hydrogens (tertiary/aromatic N) is 1. The molecule has 3 N–H and O–H groups in total. The summed E-state index contributed by atoms with van der Waals surface area (Å²) in [6.07, 6.45) is 0. The summed E-state index contributed by atoms with van der Waals surface area (Å²) >= 11 is 0. The summed E-state index contributed by atoms with van der Waals surface area (Å²) in [5, 5.41) is 0. The van der Waals surface area contributed by atoms with Crippen LogP contribution in [-0.2, 0) is 13.2 Å². The second-order valence-electron chi connectivity index (χ2n) is 8.44. The Bertz CT molecular complexity index is 1410. The van der Waals surface area contributed by atoms with Crippen LogP contribution in [0.4, 0.5) is 0 Å². The monoisotopic (exact) mass is 511 g/mol. The number of benzene rings is 3. The fraction of sp³-hybridized carbons (Fsp3) is 0.259. The number of aryl methyl sites for hydroxylation is 2. The smallest absolute Gasteiger partial charge is 0.440 e.